The molecule has 0 saturated heterocycles. The lowest BCUT2D eigenvalue weighted by atomic mass is 10.2. The van der Waals surface area contributed by atoms with Gasteiger partial charge in [0.25, 0.3) is 0 Å². The molecule has 4 N–H and O–H groups in total. The molecule has 0 rings (SSSR count). The molecule has 14 heavy (non-hydrogen) atoms. The van der Waals surface area contributed by atoms with Crippen LogP contribution >= 0.6 is 0 Å². The second-order valence-electron chi connectivity index (χ2n) is 3.30. The van der Waals surface area contributed by atoms with Gasteiger partial charge in [0, 0.05) is 6.54 Å². The monoisotopic (exact) mass is 201 g/mol. The Morgan fingerprint density at radius 3 is 2.29 bits per heavy atom. The number of carbonyl (C=O) groups excluding carboxylic acids is 2. The van der Waals surface area contributed by atoms with Gasteiger partial charge in [0.05, 0.1) is 12.1 Å². The zero-order chi connectivity index (χ0) is 11.1. The minimum atomic E-state index is -0.489. The molecule has 0 bridgehead atoms. The molecule has 5 nitrogen and oxygen atoms in total. The van der Waals surface area contributed by atoms with Gasteiger partial charge < -0.3 is 11.1 Å². The molecule has 82 valence electrons. The highest BCUT2D eigenvalue weighted by Crippen LogP contribution is 1.87. The highest BCUT2D eigenvalue weighted by atomic mass is 16.2. The third-order valence-corrected chi connectivity index (χ3v) is 1.87. The highest BCUT2D eigenvalue weighted by molar-refractivity contribution is 5.83. The summed E-state index contributed by atoms with van der Waals surface area (Å²) in [5.41, 5.74) is 5.05. The van der Waals surface area contributed by atoms with Gasteiger partial charge in [0.2, 0.25) is 11.8 Å². The molecular formula is C9H19N3O2. The van der Waals surface area contributed by atoms with Crippen LogP contribution in [-0.2, 0) is 9.59 Å². The van der Waals surface area contributed by atoms with Crippen molar-refractivity contribution in [3.63, 3.8) is 0 Å². The molecule has 2 amide bonds. The van der Waals surface area contributed by atoms with Crippen LogP contribution in [0.1, 0.15) is 27.2 Å². The van der Waals surface area contributed by atoms with Crippen molar-refractivity contribution in [1.82, 2.24) is 10.6 Å². The van der Waals surface area contributed by atoms with Crippen LogP contribution in [0.15, 0.2) is 0 Å². The van der Waals surface area contributed by atoms with Crippen molar-refractivity contribution >= 4 is 11.8 Å². The van der Waals surface area contributed by atoms with Gasteiger partial charge in [-0.25, -0.2) is 0 Å². The van der Waals surface area contributed by atoms with Crippen molar-refractivity contribution in [2.45, 2.75) is 39.3 Å². The first-order chi connectivity index (χ1) is 6.49. The van der Waals surface area contributed by atoms with Crippen molar-refractivity contribution in [1.29, 1.82) is 0 Å². The van der Waals surface area contributed by atoms with Gasteiger partial charge in [-0.05, 0) is 20.3 Å². The Balaban J connectivity index is 3.88. The van der Waals surface area contributed by atoms with Crippen molar-refractivity contribution in [3.05, 3.63) is 0 Å². The van der Waals surface area contributed by atoms with Crippen LogP contribution < -0.4 is 16.4 Å². The van der Waals surface area contributed by atoms with E-state index in [-0.39, 0.29) is 5.91 Å². The number of hydrogen-bond acceptors (Lipinski definition) is 3. The zero-order valence-electron chi connectivity index (χ0n) is 8.96. The van der Waals surface area contributed by atoms with Crippen LogP contribution in [0.2, 0.25) is 0 Å². The fraction of sp³-hybridized carbons (Fsp3) is 0.778. The topological polar surface area (TPSA) is 84.2 Å². The van der Waals surface area contributed by atoms with Crippen molar-refractivity contribution in [2.75, 3.05) is 6.54 Å². The summed E-state index contributed by atoms with van der Waals surface area (Å²) in [4.78, 5) is 22.0. The maximum Gasteiger partial charge on any atom is 0.236 e. The highest BCUT2D eigenvalue weighted by Gasteiger charge is 2.16. The molecule has 0 aliphatic rings. The number of nitrogens with one attached hydrogen (secondary N) is 2. The van der Waals surface area contributed by atoms with Gasteiger partial charge >= 0.3 is 0 Å². The van der Waals surface area contributed by atoms with E-state index in [0.717, 1.165) is 6.42 Å². The first kappa shape index (κ1) is 12.9. The molecule has 0 aromatic heterocycles. The largest absolute Gasteiger partial charge is 0.368 e. The molecule has 0 aromatic carbocycles. The van der Waals surface area contributed by atoms with E-state index in [1.807, 2.05) is 6.92 Å². The lowest BCUT2D eigenvalue weighted by Gasteiger charge is -2.16. The predicted octanol–water partition coefficient (Wildman–Crippen LogP) is -0.635. The lowest BCUT2D eigenvalue weighted by Crippen LogP contribution is -2.50. The first-order valence-corrected chi connectivity index (χ1v) is 4.82. The summed E-state index contributed by atoms with van der Waals surface area (Å²) >= 11 is 0. The number of rotatable bonds is 6. The van der Waals surface area contributed by atoms with Crippen molar-refractivity contribution in [3.8, 4) is 0 Å². The lowest BCUT2D eigenvalue weighted by molar-refractivity contribution is -0.123. The Kier molecular flexibility index (Phi) is 5.87. The van der Waals surface area contributed by atoms with Gasteiger partial charge in [-0.15, -0.1) is 0 Å². The average Bonchev–Trinajstić information content (AvgIpc) is 2.13. The molecule has 2 unspecified atom stereocenters. The zero-order valence-corrected chi connectivity index (χ0v) is 8.96. The number of hydrogen-bond donors (Lipinski definition) is 3. The smallest absolute Gasteiger partial charge is 0.236 e. The third-order valence-electron chi connectivity index (χ3n) is 1.87. The van der Waals surface area contributed by atoms with Gasteiger partial charge in [0.1, 0.15) is 0 Å². The summed E-state index contributed by atoms with van der Waals surface area (Å²) < 4.78 is 0. The summed E-state index contributed by atoms with van der Waals surface area (Å²) in [5.74, 6) is -0.569. The van der Waals surface area contributed by atoms with Crippen LogP contribution in [0.4, 0.5) is 0 Å². The Bertz CT molecular complexity index is 206. The summed E-state index contributed by atoms with van der Waals surface area (Å²) in [7, 11) is 0. The van der Waals surface area contributed by atoms with E-state index in [0.29, 0.717) is 6.54 Å². The van der Waals surface area contributed by atoms with E-state index in [1.165, 1.54) is 0 Å². The number of carbonyl (C=O) groups is 2. The van der Waals surface area contributed by atoms with Crippen molar-refractivity contribution in [2.24, 2.45) is 5.73 Å². The van der Waals surface area contributed by atoms with E-state index in [1.54, 1.807) is 13.8 Å². The molecule has 0 radical (unpaired) electrons. The summed E-state index contributed by atoms with van der Waals surface area (Å²) in [6.07, 6.45) is 0.893. The molecule has 5 heteroatoms. The Morgan fingerprint density at radius 2 is 1.86 bits per heavy atom. The molecular weight excluding hydrogens is 182 g/mol. The van der Waals surface area contributed by atoms with Gasteiger partial charge in [-0.1, -0.05) is 6.92 Å². The molecule has 0 aliphatic carbocycles. The maximum absolute atomic E-state index is 11.3. The summed E-state index contributed by atoms with van der Waals surface area (Å²) in [5, 5.41) is 5.52. The second kappa shape index (κ2) is 6.37. The number of primary amides is 1. The molecule has 0 fully saturated rings. The molecule has 0 aliphatic heterocycles. The van der Waals surface area contributed by atoms with Crippen LogP contribution in [-0.4, -0.2) is 30.4 Å². The molecule has 2 atom stereocenters. The van der Waals surface area contributed by atoms with E-state index in [9.17, 15) is 9.59 Å². The molecule has 0 heterocycles. The van der Waals surface area contributed by atoms with Gasteiger partial charge in [0.15, 0.2) is 0 Å². The first-order valence-electron chi connectivity index (χ1n) is 4.82. The SMILES string of the molecule is CCCNC(=O)C(C)NC(C)C(N)=O. The Morgan fingerprint density at radius 1 is 1.29 bits per heavy atom. The summed E-state index contributed by atoms with van der Waals surface area (Å²) in [6, 6.07) is -0.888. The third kappa shape index (κ3) is 4.81. The fourth-order valence-corrected chi connectivity index (χ4v) is 0.934. The van der Waals surface area contributed by atoms with E-state index in [2.05, 4.69) is 10.6 Å². The second-order valence-corrected chi connectivity index (χ2v) is 3.30. The van der Waals surface area contributed by atoms with Crippen LogP contribution in [0.5, 0.6) is 0 Å². The van der Waals surface area contributed by atoms with Crippen LogP contribution in [0.3, 0.4) is 0 Å². The van der Waals surface area contributed by atoms with Crippen LogP contribution in [0.25, 0.3) is 0 Å². The molecule has 0 saturated carbocycles. The van der Waals surface area contributed by atoms with Crippen molar-refractivity contribution < 1.29 is 9.59 Å². The Labute approximate surface area is 84.4 Å². The van der Waals surface area contributed by atoms with Gasteiger partial charge in [-0.2, -0.15) is 0 Å². The number of nitrogens with two attached hydrogens (primary N) is 1. The van der Waals surface area contributed by atoms with Crippen LogP contribution in [0, 0.1) is 0 Å². The summed E-state index contributed by atoms with van der Waals surface area (Å²) in [6.45, 7) is 5.95. The van der Waals surface area contributed by atoms with Gasteiger partial charge in [-0.3, -0.25) is 14.9 Å². The fourth-order valence-electron chi connectivity index (χ4n) is 0.934. The van der Waals surface area contributed by atoms with E-state index in [4.69, 9.17) is 5.73 Å². The average molecular weight is 201 g/mol. The Hall–Kier alpha value is -1.10. The van der Waals surface area contributed by atoms with E-state index >= 15 is 0 Å². The maximum atomic E-state index is 11.3. The minimum Gasteiger partial charge on any atom is -0.368 e. The molecule has 0 spiro atoms. The minimum absolute atomic E-state index is 0.111. The quantitative estimate of drug-likeness (QED) is 0.534. The standard InChI is InChI=1S/C9H19N3O2/c1-4-5-11-9(14)7(3)12-6(2)8(10)13/h6-7,12H,4-5H2,1-3H3,(H2,10,13)(H,11,14). The predicted molar refractivity (Wildman–Crippen MR) is 54.6 cm³/mol. The number of amides is 2. The molecule has 0 aromatic rings. The normalized spacial score (nSPS) is 14.5. The van der Waals surface area contributed by atoms with E-state index < -0.39 is 18.0 Å².